The van der Waals surface area contributed by atoms with Crippen molar-refractivity contribution in [2.45, 2.75) is 6.04 Å². The second-order valence-corrected chi connectivity index (χ2v) is 4.50. The average molecular weight is 280 g/mol. The van der Waals surface area contributed by atoms with Crippen molar-refractivity contribution in [3.63, 3.8) is 0 Å². The Labute approximate surface area is 102 Å². The van der Waals surface area contributed by atoms with Crippen molar-refractivity contribution in [3.8, 4) is 0 Å². The van der Waals surface area contributed by atoms with Gasteiger partial charge in [-0.2, -0.15) is 0 Å². The summed E-state index contributed by atoms with van der Waals surface area (Å²) < 4.78 is 13.8. The predicted molar refractivity (Wildman–Crippen MR) is 66.6 cm³/mol. The Kier molecular flexibility index (Phi) is 3.36. The lowest BCUT2D eigenvalue weighted by molar-refractivity contribution is 0.626. The van der Waals surface area contributed by atoms with Gasteiger partial charge in [0.1, 0.15) is 5.82 Å². The van der Waals surface area contributed by atoms with E-state index in [9.17, 15) is 4.39 Å². The summed E-state index contributed by atoms with van der Waals surface area (Å²) in [5.41, 5.74) is 7.99. The van der Waals surface area contributed by atoms with Crippen LogP contribution in [0.2, 0.25) is 0 Å². The molecule has 0 saturated carbocycles. The van der Waals surface area contributed by atoms with Crippen LogP contribution in [0.5, 0.6) is 0 Å². The maximum Gasteiger partial charge on any atom is 0.123 e. The monoisotopic (exact) mass is 279 g/mol. The summed E-state index contributed by atoms with van der Waals surface area (Å²) >= 11 is 3.37. The van der Waals surface area contributed by atoms with Crippen LogP contribution in [0, 0.1) is 5.82 Å². The van der Waals surface area contributed by atoms with Crippen LogP contribution in [-0.2, 0) is 0 Å². The highest BCUT2D eigenvalue weighted by Gasteiger charge is 2.08. The SMILES string of the molecule is NC(c1ccc(F)cc1)c1ccc(Br)cc1. The molecule has 1 unspecified atom stereocenters. The number of hydrogen-bond donors (Lipinski definition) is 1. The summed E-state index contributed by atoms with van der Waals surface area (Å²) in [5.74, 6) is -0.244. The van der Waals surface area contributed by atoms with E-state index >= 15 is 0 Å². The first kappa shape index (κ1) is 11.3. The lowest BCUT2D eigenvalue weighted by atomic mass is 10.00. The third kappa shape index (κ3) is 2.49. The summed E-state index contributed by atoms with van der Waals surface area (Å²) in [4.78, 5) is 0. The van der Waals surface area contributed by atoms with E-state index in [4.69, 9.17) is 5.73 Å². The van der Waals surface area contributed by atoms with Gasteiger partial charge in [0.15, 0.2) is 0 Å². The molecule has 0 radical (unpaired) electrons. The molecule has 0 aliphatic carbocycles. The molecule has 0 heterocycles. The normalized spacial score (nSPS) is 12.4. The molecule has 0 aliphatic rings. The smallest absolute Gasteiger partial charge is 0.123 e. The van der Waals surface area contributed by atoms with Gasteiger partial charge >= 0.3 is 0 Å². The van der Waals surface area contributed by atoms with Crippen LogP contribution in [0.3, 0.4) is 0 Å². The van der Waals surface area contributed by atoms with Crippen molar-refractivity contribution in [1.82, 2.24) is 0 Å². The summed E-state index contributed by atoms with van der Waals surface area (Å²) in [6.45, 7) is 0. The van der Waals surface area contributed by atoms with E-state index in [2.05, 4.69) is 15.9 Å². The fraction of sp³-hybridized carbons (Fsp3) is 0.0769. The highest BCUT2D eigenvalue weighted by Crippen LogP contribution is 2.21. The van der Waals surface area contributed by atoms with Gasteiger partial charge in [0.2, 0.25) is 0 Å². The molecular weight excluding hydrogens is 269 g/mol. The second kappa shape index (κ2) is 4.76. The highest BCUT2D eigenvalue weighted by atomic mass is 79.9. The average Bonchev–Trinajstić information content (AvgIpc) is 2.30. The molecule has 2 aromatic carbocycles. The van der Waals surface area contributed by atoms with Gasteiger partial charge in [-0.25, -0.2) is 4.39 Å². The van der Waals surface area contributed by atoms with E-state index in [0.29, 0.717) is 0 Å². The minimum absolute atomic E-state index is 0.214. The molecule has 2 N–H and O–H groups in total. The Hall–Kier alpha value is -1.19. The third-order valence-electron chi connectivity index (χ3n) is 2.46. The molecule has 3 heteroatoms. The molecule has 0 aromatic heterocycles. The molecule has 0 aliphatic heterocycles. The summed E-state index contributed by atoms with van der Waals surface area (Å²) in [6.07, 6.45) is 0. The van der Waals surface area contributed by atoms with Crippen molar-refractivity contribution in [1.29, 1.82) is 0 Å². The first-order valence-electron chi connectivity index (χ1n) is 4.93. The Morgan fingerprint density at radius 3 is 1.81 bits per heavy atom. The first-order chi connectivity index (χ1) is 7.66. The van der Waals surface area contributed by atoms with Crippen LogP contribution >= 0.6 is 15.9 Å². The predicted octanol–water partition coefficient (Wildman–Crippen LogP) is 3.64. The van der Waals surface area contributed by atoms with Gasteiger partial charge in [-0.15, -0.1) is 0 Å². The van der Waals surface area contributed by atoms with Gasteiger partial charge in [-0.1, -0.05) is 40.2 Å². The second-order valence-electron chi connectivity index (χ2n) is 3.58. The fourth-order valence-electron chi connectivity index (χ4n) is 1.53. The number of halogens is 2. The highest BCUT2D eigenvalue weighted by molar-refractivity contribution is 9.10. The van der Waals surface area contributed by atoms with E-state index in [-0.39, 0.29) is 11.9 Å². The maximum atomic E-state index is 12.8. The largest absolute Gasteiger partial charge is 0.320 e. The molecule has 16 heavy (non-hydrogen) atoms. The maximum absolute atomic E-state index is 12.8. The quantitative estimate of drug-likeness (QED) is 0.893. The Morgan fingerprint density at radius 1 is 0.875 bits per heavy atom. The minimum atomic E-state index is -0.244. The zero-order valence-electron chi connectivity index (χ0n) is 8.53. The van der Waals surface area contributed by atoms with E-state index in [1.807, 2.05) is 24.3 Å². The molecule has 1 atom stereocenters. The number of nitrogens with two attached hydrogens (primary N) is 1. The Balaban J connectivity index is 2.28. The molecule has 82 valence electrons. The lowest BCUT2D eigenvalue weighted by Gasteiger charge is -2.12. The zero-order valence-corrected chi connectivity index (χ0v) is 10.1. The van der Waals surface area contributed by atoms with Gasteiger partial charge in [-0.05, 0) is 35.4 Å². The number of rotatable bonds is 2. The van der Waals surface area contributed by atoms with Crippen LogP contribution in [0.4, 0.5) is 4.39 Å². The molecule has 2 rings (SSSR count). The van der Waals surface area contributed by atoms with Gasteiger partial charge in [0.05, 0.1) is 6.04 Å². The van der Waals surface area contributed by atoms with Crippen molar-refractivity contribution in [2.24, 2.45) is 5.73 Å². The van der Waals surface area contributed by atoms with Gasteiger partial charge in [-0.3, -0.25) is 0 Å². The van der Waals surface area contributed by atoms with Crippen LogP contribution in [0.15, 0.2) is 53.0 Å². The Bertz CT molecular complexity index is 419. The molecule has 0 bridgehead atoms. The lowest BCUT2D eigenvalue weighted by Crippen LogP contribution is -2.11. The van der Waals surface area contributed by atoms with E-state index in [1.54, 1.807) is 12.1 Å². The molecule has 0 spiro atoms. The standard InChI is InChI=1S/C13H11BrFN/c14-11-5-1-9(2-6-11)13(16)10-3-7-12(15)8-4-10/h1-8,13H,16H2. The zero-order chi connectivity index (χ0) is 11.5. The Morgan fingerprint density at radius 2 is 1.31 bits per heavy atom. The fourth-order valence-corrected chi connectivity index (χ4v) is 1.80. The molecular formula is C13H11BrFN. The van der Waals surface area contributed by atoms with E-state index < -0.39 is 0 Å². The first-order valence-corrected chi connectivity index (χ1v) is 5.72. The molecule has 0 amide bonds. The van der Waals surface area contributed by atoms with Crippen LogP contribution in [-0.4, -0.2) is 0 Å². The van der Waals surface area contributed by atoms with Gasteiger partial charge in [0, 0.05) is 4.47 Å². The molecule has 0 saturated heterocycles. The molecule has 2 aromatic rings. The van der Waals surface area contributed by atoms with Crippen molar-refractivity contribution < 1.29 is 4.39 Å². The van der Waals surface area contributed by atoms with E-state index in [1.165, 1.54) is 12.1 Å². The number of hydrogen-bond acceptors (Lipinski definition) is 1. The van der Waals surface area contributed by atoms with Crippen LogP contribution < -0.4 is 5.73 Å². The van der Waals surface area contributed by atoms with Crippen molar-refractivity contribution in [3.05, 3.63) is 69.9 Å². The summed E-state index contributed by atoms with van der Waals surface area (Å²) in [6, 6.07) is 13.9. The number of benzene rings is 2. The van der Waals surface area contributed by atoms with Crippen molar-refractivity contribution >= 4 is 15.9 Å². The molecule has 0 fully saturated rings. The van der Waals surface area contributed by atoms with Gasteiger partial charge in [0.25, 0.3) is 0 Å². The molecule has 1 nitrogen and oxygen atoms in total. The van der Waals surface area contributed by atoms with Crippen LogP contribution in [0.25, 0.3) is 0 Å². The summed E-state index contributed by atoms with van der Waals surface area (Å²) in [7, 11) is 0. The van der Waals surface area contributed by atoms with Crippen molar-refractivity contribution in [2.75, 3.05) is 0 Å². The minimum Gasteiger partial charge on any atom is -0.320 e. The topological polar surface area (TPSA) is 26.0 Å². The summed E-state index contributed by atoms with van der Waals surface area (Å²) in [5, 5.41) is 0. The van der Waals surface area contributed by atoms with Gasteiger partial charge < -0.3 is 5.73 Å². The van der Waals surface area contributed by atoms with Crippen LogP contribution in [0.1, 0.15) is 17.2 Å². The van der Waals surface area contributed by atoms with E-state index in [0.717, 1.165) is 15.6 Å². The third-order valence-corrected chi connectivity index (χ3v) is 2.99.